The third-order valence-electron chi connectivity index (χ3n) is 3.72. The Bertz CT molecular complexity index is 380. The van der Waals surface area contributed by atoms with Crippen molar-refractivity contribution in [2.75, 3.05) is 12.8 Å². The Morgan fingerprint density at radius 3 is 2.83 bits per heavy atom. The maximum absolute atomic E-state index is 4.44. The fraction of sp³-hybridized carbons (Fsp3) is 0.769. The standard InChI is InChI=1S/C13H23N3S2/c1-9-10(2)18-12(8-17-9)11(14-3)7-13-15-5-6-16(13)4/h5-6,9-12,14H,7-8H2,1-4H3. The summed E-state index contributed by atoms with van der Waals surface area (Å²) in [4.78, 5) is 4.44. The van der Waals surface area contributed by atoms with Crippen molar-refractivity contribution < 1.29 is 0 Å². The van der Waals surface area contributed by atoms with E-state index in [0.717, 1.165) is 16.9 Å². The van der Waals surface area contributed by atoms with E-state index in [-0.39, 0.29) is 0 Å². The van der Waals surface area contributed by atoms with E-state index in [4.69, 9.17) is 0 Å². The molecule has 1 aliphatic heterocycles. The molecule has 0 aromatic carbocycles. The van der Waals surface area contributed by atoms with Crippen LogP contribution in [0.2, 0.25) is 0 Å². The summed E-state index contributed by atoms with van der Waals surface area (Å²) in [6.07, 6.45) is 4.92. The van der Waals surface area contributed by atoms with Crippen molar-refractivity contribution in [2.45, 2.75) is 42.1 Å². The summed E-state index contributed by atoms with van der Waals surface area (Å²) in [5.41, 5.74) is 0. The highest BCUT2D eigenvalue weighted by Crippen LogP contribution is 2.37. The summed E-state index contributed by atoms with van der Waals surface area (Å²) < 4.78 is 2.12. The van der Waals surface area contributed by atoms with Crippen LogP contribution in [0.25, 0.3) is 0 Å². The van der Waals surface area contributed by atoms with Gasteiger partial charge in [-0.25, -0.2) is 4.98 Å². The van der Waals surface area contributed by atoms with Crippen LogP contribution in [0.15, 0.2) is 12.4 Å². The molecule has 0 spiro atoms. The minimum atomic E-state index is 0.513. The van der Waals surface area contributed by atoms with E-state index in [9.17, 15) is 0 Å². The van der Waals surface area contributed by atoms with Gasteiger partial charge >= 0.3 is 0 Å². The molecule has 3 nitrogen and oxygen atoms in total. The lowest BCUT2D eigenvalue weighted by Gasteiger charge is -2.35. The van der Waals surface area contributed by atoms with E-state index in [1.54, 1.807) is 0 Å². The van der Waals surface area contributed by atoms with Crippen LogP contribution in [0.3, 0.4) is 0 Å². The van der Waals surface area contributed by atoms with Crippen LogP contribution in [0.5, 0.6) is 0 Å². The quantitative estimate of drug-likeness (QED) is 0.918. The van der Waals surface area contributed by atoms with Gasteiger partial charge < -0.3 is 9.88 Å². The summed E-state index contributed by atoms with van der Waals surface area (Å²) in [5, 5.41) is 5.68. The molecule has 0 aliphatic carbocycles. The van der Waals surface area contributed by atoms with Gasteiger partial charge in [-0.05, 0) is 7.05 Å². The number of hydrogen-bond acceptors (Lipinski definition) is 4. The lowest BCUT2D eigenvalue weighted by molar-refractivity contribution is 0.532. The molecule has 2 rings (SSSR count). The van der Waals surface area contributed by atoms with Crippen LogP contribution in [0.4, 0.5) is 0 Å². The van der Waals surface area contributed by atoms with Gasteiger partial charge in [0.05, 0.1) is 0 Å². The zero-order valence-corrected chi connectivity index (χ0v) is 13.2. The van der Waals surface area contributed by atoms with Crippen LogP contribution >= 0.6 is 23.5 Å². The number of rotatable bonds is 4. The number of aromatic nitrogens is 2. The predicted molar refractivity (Wildman–Crippen MR) is 82.5 cm³/mol. The van der Waals surface area contributed by atoms with Gasteiger partial charge in [0.1, 0.15) is 5.82 Å². The number of aryl methyl sites for hydroxylation is 1. The average Bonchev–Trinajstić information content (AvgIpc) is 2.75. The molecule has 102 valence electrons. The van der Waals surface area contributed by atoms with Crippen LogP contribution < -0.4 is 5.32 Å². The molecule has 0 radical (unpaired) electrons. The van der Waals surface area contributed by atoms with E-state index in [0.29, 0.717) is 11.3 Å². The lowest BCUT2D eigenvalue weighted by Crippen LogP contribution is -2.43. The summed E-state index contributed by atoms with van der Waals surface area (Å²) in [6, 6.07) is 0.513. The average molecular weight is 285 g/mol. The van der Waals surface area contributed by atoms with Gasteiger partial charge in [0, 0.05) is 53.4 Å². The van der Waals surface area contributed by atoms with Gasteiger partial charge in [0.2, 0.25) is 0 Å². The molecular weight excluding hydrogens is 262 g/mol. The highest BCUT2D eigenvalue weighted by Gasteiger charge is 2.31. The maximum atomic E-state index is 4.44. The van der Waals surface area contributed by atoms with Crippen LogP contribution in [-0.4, -0.2) is 44.1 Å². The number of likely N-dealkylation sites (N-methyl/N-ethyl adjacent to an activating group) is 1. The molecule has 0 amide bonds. The highest BCUT2D eigenvalue weighted by molar-refractivity contribution is 8.07. The third-order valence-corrected chi connectivity index (χ3v) is 7.27. The van der Waals surface area contributed by atoms with Crippen molar-refractivity contribution in [2.24, 2.45) is 7.05 Å². The molecule has 1 N–H and O–H groups in total. The van der Waals surface area contributed by atoms with Crippen molar-refractivity contribution in [3.63, 3.8) is 0 Å². The van der Waals surface area contributed by atoms with Gasteiger partial charge in [-0.3, -0.25) is 0 Å². The first-order chi connectivity index (χ1) is 8.61. The molecule has 1 fully saturated rings. The smallest absolute Gasteiger partial charge is 0.109 e. The van der Waals surface area contributed by atoms with E-state index >= 15 is 0 Å². The highest BCUT2D eigenvalue weighted by atomic mass is 32.2. The van der Waals surface area contributed by atoms with Crippen molar-refractivity contribution in [3.8, 4) is 0 Å². The van der Waals surface area contributed by atoms with Gasteiger partial charge in [0.15, 0.2) is 0 Å². The maximum Gasteiger partial charge on any atom is 0.109 e. The van der Waals surface area contributed by atoms with Crippen molar-refractivity contribution >= 4 is 23.5 Å². The number of hydrogen-bond donors (Lipinski definition) is 1. The Kier molecular flexibility index (Phi) is 5.04. The molecule has 5 heteroatoms. The molecule has 1 aromatic heterocycles. The predicted octanol–water partition coefficient (Wildman–Crippen LogP) is 2.18. The minimum absolute atomic E-state index is 0.513. The number of nitrogens with zero attached hydrogens (tertiary/aromatic N) is 2. The summed E-state index contributed by atoms with van der Waals surface area (Å²) in [5.74, 6) is 2.41. The zero-order chi connectivity index (χ0) is 13.1. The largest absolute Gasteiger partial charge is 0.338 e. The molecule has 0 saturated carbocycles. The second-order valence-electron chi connectivity index (χ2n) is 4.97. The van der Waals surface area contributed by atoms with Crippen molar-refractivity contribution in [1.29, 1.82) is 0 Å². The monoisotopic (exact) mass is 285 g/mol. The minimum Gasteiger partial charge on any atom is -0.338 e. The second kappa shape index (κ2) is 6.35. The summed E-state index contributed by atoms with van der Waals surface area (Å²) in [6.45, 7) is 4.69. The van der Waals surface area contributed by atoms with Crippen LogP contribution in [0, 0.1) is 0 Å². The third kappa shape index (κ3) is 3.25. The molecule has 4 unspecified atom stereocenters. The van der Waals surface area contributed by atoms with Gasteiger partial charge in [-0.2, -0.15) is 23.5 Å². The summed E-state index contributed by atoms with van der Waals surface area (Å²) >= 11 is 4.24. The summed E-state index contributed by atoms with van der Waals surface area (Å²) in [7, 11) is 4.14. The Morgan fingerprint density at radius 2 is 2.28 bits per heavy atom. The molecule has 0 bridgehead atoms. The molecular formula is C13H23N3S2. The number of imidazole rings is 1. The topological polar surface area (TPSA) is 29.9 Å². The van der Waals surface area contributed by atoms with Gasteiger partial charge in [-0.15, -0.1) is 0 Å². The first-order valence-corrected chi connectivity index (χ1v) is 8.51. The second-order valence-corrected chi connectivity index (χ2v) is 8.00. The van der Waals surface area contributed by atoms with Crippen LogP contribution in [0.1, 0.15) is 19.7 Å². The zero-order valence-electron chi connectivity index (χ0n) is 11.6. The molecule has 18 heavy (non-hydrogen) atoms. The lowest BCUT2D eigenvalue weighted by atomic mass is 10.1. The number of nitrogens with one attached hydrogen (secondary N) is 1. The Hall–Kier alpha value is -0.130. The van der Waals surface area contributed by atoms with Crippen LogP contribution in [-0.2, 0) is 13.5 Å². The van der Waals surface area contributed by atoms with Crippen molar-refractivity contribution in [3.05, 3.63) is 18.2 Å². The molecule has 1 saturated heterocycles. The molecule has 4 atom stereocenters. The van der Waals surface area contributed by atoms with E-state index in [2.05, 4.69) is 66.3 Å². The Morgan fingerprint density at radius 1 is 1.50 bits per heavy atom. The molecule has 1 aromatic rings. The first kappa shape index (κ1) is 14.3. The van der Waals surface area contributed by atoms with Crippen molar-refractivity contribution in [1.82, 2.24) is 14.9 Å². The van der Waals surface area contributed by atoms with E-state index in [1.807, 2.05) is 12.4 Å². The van der Waals surface area contributed by atoms with Gasteiger partial charge in [-0.1, -0.05) is 13.8 Å². The fourth-order valence-electron chi connectivity index (χ4n) is 2.23. The molecule has 1 aliphatic rings. The normalized spacial score (nSPS) is 30.3. The first-order valence-electron chi connectivity index (χ1n) is 6.52. The number of thioether (sulfide) groups is 2. The SMILES string of the molecule is CNC(Cc1nccn1C)C1CSC(C)C(C)S1. The molecule has 2 heterocycles. The Balaban J connectivity index is 1.99. The fourth-order valence-corrected chi connectivity index (χ4v) is 5.40. The Labute approximate surface area is 119 Å². The van der Waals surface area contributed by atoms with E-state index < -0.39 is 0 Å². The van der Waals surface area contributed by atoms with Gasteiger partial charge in [0.25, 0.3) is 0 Å². The van der Waals surface area contributed by atoms with E-state index in [1.165, 1.54) is 11.6 Å².